The second kappa shape index (κ2) is 3.74. The van der Waals surface area contributed by atoms with Crippen molar-refractivity contribution in [2.24, 2.45) is 5.73 Å². The summed E-state index contributed by atoms with van der Waals surface area (Å²) in [4.78, 5) is 0. The highest BCUT2D eigenvalue weighted by Crippen LogP contribution is 2.33. The predicted molar refractivity (Wildman–Crippen MR) is 44.3 cm³/mol. The number of rotatable bonds is 2. The molecule has 0 fully saturated rings. The van der Waals surface area contributed by atoms with Gasteiger partial charge in [0, 0.05) is 5.56 Å². The molecule has 1 rings (SSSR count). The van der Waals surface area contributed by atoms with Gasteiger partial charge in [-0.15, -0.1) is 0 Å². The first-order chi connectivity index (χ1) is 6.38. The van der Waals surface area contributed by atoms with E-state index in [0.29, 0.717) is 12.1 Å². The highest BCUT2D eigenvalue weighted by molar-refractivity contribution is 6.31. The van der Waals surface area contributed by atoms with E-state index in [1.165, 1.54) is 0 Å². The van der Waals surface area contributed by atoms with Gasteiger partial charge >= 0.3 is 0 Å². The van der Waals surface area contributed by atoms with Crippen LogP contribution in [0.2, 0.25) is 5.02 Å². The summed E-state index contributed by atoms with van der Waals surface area (Å²) in [5.41, 5.74) is 3.97. The van der Waals surface area contributed by atoms with Gasteiger partial charge in [0.1, 0.15) is 0 Å². The Morgan fingerprint density at radius 2 is 1.71 bits per heavy atom. The summed E-state index contributed by atoms with van der Waals surface area (Å²) in [6.07, 6.45) is 0. The zero-order valence-electron chi connectivity index (χ0n) is 6.83. The molecule has 0 aliphatic heterocycles. The van der Waals surface area contributed by atoms with Crippen molar-refractivity contribution >= 4 is 11.6 Å². The van der Waals surface area contributed by atoms with Gasteiger partial charge in [-0.25, -0.2) is 8.78 Å². The molecule has 0 spiro atoms. The molecule has 78 valence electrons. The average Bonchev–Trinajstić information content (AvgIpc) is 2.11. The van der Waals surface area contributed by atoms with Crippen LogP contribution in [-0.4, -0.2) is 6.54 Å². The van der Waals surface area contributed by atoms with Gasteiger partial charge < -0.3 is 5.73 Å². The van der Waals surface area contributed by atoms with Crippen molar-refractivity contribution in [3.05, 3.63) is 34.4 Å². The molecule has 0 radical (unpaired) electrons. The van der Waals surface area contributed by atoms with Crippen molar-refractivity contribution in [3.63, 3.8) is 0 Å². The maximum absolute atomic E-state index is 13.0. The summed E-state index contributed by atoms with van der Waals surface area (Å²) in [7, 11) is 0. The number of nitrogens with two attached hydrogens (primary N) is 1. The van der Waals surface area contributed by atoms with Crippen molar-refractivity contribution in [2.45, 2.75) is 5.92 Å². The van der Waals surface area contributed by atoms with Crippen LogP contribution in [0.25, 0.3) is 0 Å². The van der Waals surface area contributed by atoms with E-state index in [0.717, 1.165) is 0 Å². The molecule has 0 heterocycles. The van der Waals surface area contributed by atoms with Crippen molar-refractivity contribution < 1.29 is 17.6 Å². The lowest BCUT2D eigenvalue weighted by Crippen LogP contribution is -2.25. The summed E-state index contributed by atoms with van der Waals surface area (Å²) in [6.45, 7) is -1.02. The Bertz CT molecular complexity index is 353. The first kappa shape index (κ1) is 11.3. The zero-order chi connectivity index (χ0) is 10.9. The molecule has 0 aliphatic rings. The minimum absolute atomic E-state index is 0.352. The summed E-state index contributed by atoms with van der Waals surface area (Å²) >= 11 is 5.32. The van der Waals surface area contributed by atoms with Gasteiger partial charge in [0.15, 0.2) is 11.6 Å². The fraction of sp³-hybridized carbons (Fsp3) is 0.250. The Kier molecular flexibility index (Phi) is 3.01. The van der Waals surface area contributed by atoms with E-state index in [1.807, 2.05) is 0 Å². The first-order valence-electron chi connectivity index (χ1n) is 3.61. The minimum Gasteiger partial charge on any atom is -0.325 e. The van der Waals surface area contributed by atoms with Crippen LogP contribution in [0.4, 0.5) is 17.6 Å². The van der Waals surface area contributed by atoms with E-state index < -0.39 is 34.7 Å². The number of halogens is 5. The van der Waals surface area contributed by atoms with Crippen LogP contribution in [0.5, 0.6) is 0 Å². The Balaban J connectivity index is 3.29. The lowest BCUT2D eigenvalue weighted by Gasteiger charge is -2.15. The number of hydrogen-bond donors (Lipinski definition) is 1. The highest BCUT2D eigenvalue weighted by atomic mass is 35.5. The van der Waals surface area contributed by atoms with E-state index in [1.54, 1.807) is 0 Å². The molecule has 0 unspecified atom stereocenters. The zero-order valence-corrected chi connectivity index (χ0v) is 7.58. The monoisotopic (exact) mass is 227 g/mol. The maximum Gasteiger partial charge on any atom is 0.286 e. The normalized spacial score (nSPS) is 11.9. The van der Waals surface area contributed by atoms with Crippen LogP contribution in [0, 0.1) is 11.6 Å². The molecule has 0 bridgehead atoms. The second-order valence-electron chi connectivity index (χ2n) is 2.65. The molecule has 14 heavy (non-hydrogen) atoms. The predicted octanol–water partition coefficient (Wildman–Crippen LogP) is 2.67. The van der Waals surface area contributed by atoms with Gasteiger partial charge in [-0.3, -0.25) is 0 Å². The average molecular weight is 228 g/mol. The maximum atomic E-state index is 13.0. The van der Waals surface area contributed by atoms with Gasteiger partial charge in [-0.2, -0.15) is 8.78 Å². The fourth-order valence-electron chi connectivity index (χ4n) is 0.913. The van der Waals surface area contributed by atoms with Crippen LogP contribution < -0.4 is 5.73 Å². The van der Waals surface area contributed by atoms with Crippen molar-refractivity contribution in [1.29, 1.82) is 0 Å². The lowest BCUT2D eigenvalue weighted by atomic mass is 10.1. The first-order valence-corrected chi connectivity index (χ1v) is 3.99. The van der Waals surface area contributed by atoms with Crippen LogP contribution in [0.1, 0.15) is 5.56 Å². The minimum atomic E-state index is -3.45. The van der Waals surface area contributed by atoms with Crippen LogP contribution in [0.15, 0.2) is 12.1 Å². The molecular weight excluding hydrogens is 222 g/mol. The number of benzene rings is 1. The van der Waals surface area contributed by atoms with E-state index in [-0.39, 0.29) is 0 Å². The van der Waals surface area contributed by atoms with E-state index in [4.69, 9.17) is 17.3 Å². The Labute approximate surface area is 82.5 Å². The second-order valence-corrected chi connectivity index (χ2v) is 3.06. The molecule has 0 saturated heterocycles. The van der Waals surface area contributed by atoms with E-state index in [9.17, 15) is 17.6 Å². The van der Waals surface area contributed by atoms with Gasteiger partial charge in [-0.05, 0) is 12.1 Å². The van der Waals surface area contributed by atoms with Crippen LogP contribution in [0.3, 0.4) is 0 Å². The summed E-state index contributed by atoms with van der Waals surface area (Å²) in [6, 6.07) is 0.848. The molecule has 0 saturated carbocycles. The van der Waals surface area contributed by atoms with Gasteiger partial charge in [0.05, 0.1) is 11.6 Å². The van der Waals surface area contributed by atoms with Gasteiger partial charge in [0.2, 0.25) is 0 Å². The van der Waals surface area contributed by atoms with Crippen LogP contribution >= 0.6 is 11.6 Å². The summed E-state index contributed by atoms with van der Waals surface area (Å²) in [5.74, 6) is -6.10. The topological polar surface area (TPSA) is 26.0 Å². The SMILES string of the molecule is NCC(F)(F)c1cc(F)c(F)cc1Cl. The smallest absolute Gasteiger partial charge is 0.286 e. The fourth-order valence-corrected chi connectivity index (χ4v) is 1.20. The Hall–Kier alpha value is -0.810. The third kappa shape index (κ3) is 1.99. The van der Waals surface area contributed by atoms with Crippen LogP contribution in [-0.2, 0) is 5.92 Å². The molecule has 1 nitrogen and oxygen atoms in total. The molecule has 1 aromatic carbocycles. The van der Waals surface area contributed by atoms with Crippen molar-refractivity contribution in [3.8, 4) is 0 Å². The lowest BCUT2D eigenvalue weighted by molar-refractivity contribution is 0.00567. The number of alkyl halides is 2. The molecule has 1 aromatic rings. The van der Waals surface area contributed by atoms with E-state index >= 15 is 0 Å². The summed E-state index contributed by atoms with van der Waals surface area (Å²) < 4.78 is 51.1. The van der Waals surface area contributed by atoms with Crippen molar-refractivity contribution in [1.82, 2.24) is 0 Å². The third-order valence-corrected chi connectivity index (χ3v) is 1.97. The van der Waals surface area contributed by atoms with Crippen molar-refractivity contribution in [2.75, 3.05) is 6.54 Å². The number of hydrogen-bond acceptors (Lipinski definition) is 1. The molecule has 0 atom stereocenters. The molecule has 2 N–H and O–H groups in total. The van der Waals surface area contributed by atoms with Gasteiger partial charge in [-0.1, -0.05) is 11.6 Å². The summed E-state index contributed by atoms with van der Waals surface area (Å²) in [5, 5.41) is -0.542. The standard InChI is InChI=1S/C8H6ClF4N/c9-5-2-7(11)6(10)1-4(5)8(12,13)3-14/h1-2H,3,14H2. The quantitative estimate of drug-likeness (QED) is 0.610. The molecule has 0 aromatic heterocycles. The molecule has 6 heteroatoms. The van der Waals surface area contributed by atoms with Gasteiger partial charge in [0.25, 0.3) is 5.92 Å². The Morgan fingerprint density at radius 1 is 1.21 bits per heavy atom. The largest absolute Gasteiger partial charge is 0.325 e. The molecule has 0 aliphatic carbocycles. The molecule has 0 amide bonds. The Morgan fingerprint density at radius 3 is 2.21 bits per heavy atom. The molecular formula is C8H6ClF4N. The van der Waals surface area contributed by atoms with E-state index in [2.05, 4.69) is 0 Å². The highest BCUT2D eigenvalue weighted by Gasteiger charge is 2.33. The third-order valence-electron chi connectivity index (χ3n) is 1.66.